The summed E-state index contributed by atoms with van der Waals surface area (Å²) in [5.74, 6) is 0. The zero-order chi connectivity index (χ0) is 17.9. The zero-order valence-corrected chi connectivity index (χ0v) is 15.7. The lowest BCUT2D eigenvalue weighted by Crippen LogP contribution is -2.48. The van der Waals surface area contributed by atoms with Gasteiger partial charge in [0.1, 0.15) is 0 Å². The Morgan fingerprint density at radius 2 is 1.69 bits per heavy atom. The van der Waals surface area contributed by atoms with Crippen LogP contribution < -0.4 is 5.73 Å². The van der Waals surface area contributed by atoms with Crippen LogP contribution in [0.4, 0.5) is 0 Å². The lowest BCUT2D eigenvalue weighted by molar-refractivity contribution is 0.0651. The van der Waals surface area contributed by atoms with Gasteiger partial charge in [-0.25, -0.2) is 0 Å². The van der Waals surface area contributed by atoms with Crippen LogP contribution in [0.2, 0.25) is 0 Å². The highest BCUT2D eigenvalue weighted by Crippen LogP contribution is 2.37. The van der Waals surface area contributed by atoms with Crippen LogP contribution in [0.15, 0.2) is 48.7 Å². The molecule has 138 valence electrons. The molecule has 1 aromatic carbocycles. The summed E-state index contributed by atoms with van der Waals surface area (Å²) in [6, 6.07) is 17.2. The van der Waals surface area contributed by atoms with Crippen LogP contribution in [-0.4, -0.2) is 40.0 Å². The Morgan fingerprint density at radius 1 is 1.00 bits per heavy atom. The molecule has 2 aliphatic heterocycles. The Labute approximate surface area is 157 Å². The molecule has 0 aliphatic carbocycles. The Hall–Kier alpha value is -1.75. The van der Waals surface area contributed by atoms with Gasteiger partial charge in [0.05, 0.1) is 5.69 Å². The quantitative estimate of drug-likeness (QED) is 0.869. The summed E-state index contributed by atoms with van der Waals surface area (Å²) >= 11 is 0. The minimum atomic E-state index is 0.607. The van der Waals surface area contributed by atoms with Gasteiger partial charge >= 0.3 is 0 Å². The summed E-state index contributed by atoms with van der Waals surface area (Å²) in [4.78, 5) is 9.85. The monoisotopic (exact) mass is 350 g/mol. The number of piperidine rings is 1. The van der Waals surface area contributed by atoms with E-state index in [1.165, 1.54) is 36.8 Å². The van der Waals surface area contributed by atoms with Crippen molar-refractivity contribution in [2.75, 3.05) is 7.05 Å². The van der Waals surface area contributed by atoms with Crippen molar-refractivity contribution in [2.24, 2.45) is 5.73 Å². The summed E-state index contributed by atoms with van der Waals surface area (Å²) in [5, 5.41) is 0. The van der Waals surface area contributed by atoms with Crippen molar-refractivity contribution < 1.29 is 0 Å². The maximum Gasteiger partial charge on any atom is 0.0544 e. The summed E-state index contributed by atoms with van der Waals surface area (Å²) in [7, 11) is 2.31. The number of hydrogen-bond donors (Lipinski definition) is 1. The second kappa shape index (κ2) is 7.87. The highest BCUT2D eigenvalue weighted by Gasteiger charge is 2.40. The fourth-order valence-electron chi connectivity index (χ4n) is 4.71. The van der Waals surface area contributed by atoms with E-state index in [0.29, 0.717) is 12.6 Å². The Balaban J connectivity index is 1.53. The molecule has 0 saturated carbocycles. The van der Waals surface area contributed by atoms with Crippen molar-refractivity contribution in [2.45, 2.75) is 63.4 Å². The summed E-state index contributed by atoms with van der Waals surface area (Å²) < 4.78 is 0. The molecule has 2 fully saturated rings. The molecule has 2 N–H and O–H groups in total. The Bertz CT molecular complexity index is 686. The highest BCUT2D eigenvalue weighted by atomic mass is 15.2. The van der Waals surface area contributed by atoms with E-state index >= 15 is 0 Å². The highest BCUT2D eigenvalue weighted by molar-refractivity contribution is 5.22. The second-order valence-corrected chi connectivity index (χ2v) is 7.92. The van der Waals surface area contributed by atoms with Gasteiger partial charge in [0.2, 0.25) is 0 Å². The van der Waals surface area contributed by atoms with Crippen LogP contribution in [0.1, 0.15) is 42.5 Å². The van der Waals surface area contributed by atoms with Gasteiger partial charge in [-0.2, -0.15) is 0 Å². The van der Waals surface area contributed by atoms with E-state index in [4.69, 9.17) is 5.73 Å². The third kappa shape index (κ3) is 3.83. The predicted molar refractivity (Wildman–Crippen MR) is 105 cm³/mol. The number of fused-ring (bicyclic) bond motifs is 2. The van der Waals surface area contributed by atoms with E-state index < -0.39 is 0 Å². The van der Waals surface area contributed by atoms with E-state index in [1.807, 2.05) is 12.3 Å². The maximum absolute atomic E-state index is 5.75. The van der Waals surface area contributed by atoms with E-state index in [9.17, 15) is 0 Å². The predicted octanol–water partition coefficient (Wildman–Crippen LogP) is 3.17. The van der Waals surface area contributed by atoms with Crippen LogP contribution in [-0.2, 0) is 19.6 Å². The largest absolute Gasteiger partial charge is 0.326 e. The molecule has 2 bridgehead atoms. The number of aromatic nitrogens is 1. The molecule has 2 unspecified atom stereocenters. The molecule has 2 aromatic rings. The standard InChI is InChI=1S/C22H30N4/c1-25-20-9-10-21(25)13-22(12-20)26(16-19-4-2-3-11-24-19)15-18-7-5-17(14-23)6-8-18/h2-8,11,20-22H,9-10,12-16,23H2,1H3. The number of nitrogens with zero attached hydrogens (tertiary/aromatic N) is 3. The number of nitrogens with two attached hydrogens (primary N) is 1. The normalized spacial score (nSPS) is 25.7. The first kappa shape index (κ1) is 17.7. The summed E-state index contributed by atoms with van der Waals surface area (Å²) in [6.45, 7) is 2.51. The molecule has 0 amide bonds. The Kier molecular flexibility index (Phi) is 5.34. The van der Waals surface area contributed by atoms with E-state index in [1.54, 1.807) is 0 Å². The van der Waals surface area contributed by atoms with E-state index in [0.717, 1.165) is 30.9 Å². The van der Waals surface area contributed by atoms with Crippen LogP contribution >= 0.6 is 0 Å². The Morgan fingerprint density at radius 3 is 2.31 bits per heavy atom. The number of rotatable bonds is 6. The zero-order valence-electron chi connectivity index (χ0n) is 15.7. The van der Waals surface area contributed by atoms with Gasteiger partial charge in [0, 0.05) is 44.0 Å². The van der Waals surface area contributed by atoms with Gasteiger partial charge in [0.25, 0.3) is 0 Å². The molecule has 4 heteroatoms. The summed E-state index contributed by atoms with van der Waals surface area (Å²) in [6.07, 6.45) is 7.18. The van der Waals surface area contributed by atoms with Gasteiger partial charge in [-0.05, 0) is 56.0 Å². The molecular formula is C22H30N4. The van der Waals surface area contributed by atoms with Crippen LogP contribution in [0.5, 0.6) is 0 Å². The van der Waals surface area contributed by atoms with Gasteiger partial charge < -0.3 is 10.6 Å². The third-order valence-electron chi connectivity index (χ3n) is 6.33. The van der Waals surface area contributed by atoms with Gasteiger partial charge in [0.15, 0.2) is 0 Å². The average molecular weight is 351 g/mol. The molecule has 0 spiro atoms. The molecule has 2 atom stereocenters. The molecule has 3 heterocycles. The minimum absolute atomic E-state index is 0.607. The molecule has 4 nitrogen and oxygen atoms in total. The van der Waals surface area contributed by atoms with Crippen LogP contribution in [0.25, 0.3) is 0 Å². The number of benzene rings is 1. The molecular weight excluding hydrogens is 320 g/mol. The molecule has 1 aromatic heterocycles. The molecule has 2 aliphatic rings. The van der Waals surface area contributed by atoms with Crippen molar-refractivity contribution in [1.29, 1.82) is 0 Å². The smallest absolute Gasteiger partial charge is 0.0544 e. The van der Waals surface area contributed by atoms with E-state index in [-0.39, 0.29) is 0 Å². The maximum atomic E-state index is 5.75. The van der Waals surface area contributed by atoms with Crippen molar-refractivity contribution in [3.8, 4) is 0 Å². The SMILES string of the molecule is CN1C2CCC1CC(N(Cc1ccc(CN)cc1)Cc1ccccn1)C2. The van der Waals surface area contributed by atoms with Crippen molar-refractivity contribution in [3.63, 3.8) is 0 Å². The number of pyridine rings is 1. The topological polar surface area (TPSA) is 45.4 Å². The molecule has 4 rings (SSSR count). The van der Waals surface area contributed by atoms with Crippen LogP contribution in [0.3, 0.4) is 0 Å². The van der Waals surface area contributed by atoms with Gasteiger partial charge in [-0.3, -0.25) is 9.88 Å². The van der Waals surface area contributed by atoms with Gasteiger partial charge in [-0.15, -0.1) is 0 Å². The fraction of sp³-hybridized carbons (Fsp3) is 0.500. The first-order chi connectivity index (χ1) is 12.7. The first-order valence-electron chi connectivity index (χ1n) is 9.86. The van der Waals surface area contributed by atoms with Crippen LogP contribution in [0, 0.1) is 0 Å². The second-order valence-electron chi connectivity index (χ2n) is 7.92. The number of hydrogen-bond acceptors (Lipinski definition) is 4. The molecule has 26 heavy (non-hydrogen) atoms. The summed E-state index contributed by atoms with van der Waals surface area (Å²) in [5.41, 5.74) is 9.47. The lowest BCUT2D eigenvalue weighted by Gasteiger charge is -2.41. The van der Waals surface area contributed by atoms with Gasteiger partial charge in [-0.1, -0.05) is 30.3 Å². The molecule has 0 radical (unpaired) electrons. The van der Waals surface area contributed by atoms with Crippen molar-refractivity contribution in [1.82, 2.24) is 14.8 Å². The third-order valence-corrected chi connectivity index (χ3v) is 6.33. The average Bonchev–Trinajstić information content (AvgIpc) is 2.89. The van der Waals surface area contributed by atoms with Crippen molar-refractivity contribution >= 4 is 0 Å². The molecule has 2 saturated heterocycles. The lowest BCUT2D eigenvalue weighted by atomic mass is 9.95. The van der Waals surface area contributed by atoms with Crippen molar-refractivity contribution in [3.05, 3.63) is 65.5 Å². The first-order valence-corrected chi connectivity index (χ1v) is 9.86. The minimum Gasteiger partial charge on any atom is -0.326 e. The fourth-order valence-corrected chi connectivity index (χ4v) is 4.71. The van der Waals surface area contributed by atoms with E-state index in [2.05, 4.69) is 58.2 Å².